The first-order chi connectivity index (χ1) is 13.3. The van der Waals surface area contributed by atoms with Crippen molar-refractivity contribution in [1.29, 1.82) is 0 Å². The number of hydrogen-bond acceptors (Lipinski definition) is 6. The van der Waals surface area contributed by atoms with Crippen molar-refractivity contribution in [1.82, 2.24) is 10.2 Å². The number of likely N-dealkylation sites (tertiary alicyclic amines) is 1. The van der Waals surface area contributed by atoms with Crippen molar-refractivity contribution in [3.8, 4) is 0 Å². The summed E-state index contributed by atoms with van der Waals surface area (Å²) in [6.07, 6.45) is 2.46. The molecule has 4 heterocycles. The summed E-state index contributed by atoms with van der Waals surface area (Å²) in [4.78, 5) is 2.48. The summed E-state index contributed by atoms with van der Waals surface area (Å²) in [5.41, 5.74) is -0.0508. The van der Waals surface area contributed by atoms with E-state index < -0.39 is 15.3 Å². The van der Waals surface area contributed by atoms with E-state index in [9.17, 15) is 8.42 Å². The van der Waals surface area contributed by atoms with Crippen LogP contribution in [-0.2, 0) is 19.3 Å². The number of aryl methyl sites for hydroxylation is 1. The van der Waals surface area contributed by atoms with Gasteiger partial charge in [-0.15, -0.1) is 0 Å². The Morgan fingerprint density at radius 3 is 2.54 bits per heavy atom. The van der Waals surface area contributed by atoms with E-state index in [0.29, 0.717) is 0 Å². The minimum absolute atomic E-state index is 0.133. The molecule has 1 aromatic rings. The third-order valence-corrected chi connectivity index (χ3v) is 9.25. The molecule has 28 heavy (non-hydrogen) atoms. The number of rotatable bonds is 3. The molecule has 0 amide bonds. The van der Waals surface area contributed by atoms with Crippen LogP contribution in [-0.4, -0.2) is 69.8 Å². The zero-order chi connectivity index (χ0) is 19.6. The lowest BCUT2D eigenvalue weighted by Crippen LogP contribution is -2.69. The van der Waals surface area contributed by atoms with Crippen LogP contribution < -0.4 is 5.32 Å². The first-order valence-electron chi connectivity index (χ1n) is 10.0. The Morgan fingerprint density at radius 2 is 1.93 bits per heavy atom. The quantitative estimate of drug-likeness (QED) is 0.797. The Hall–Kier alpha value is -0.700. The van der Waals surface area contributed by atoms with Crippen molar-refractivity contribution in [2.45, 2.75) is 48.2 Å². The van der Waals surface area contributed by atoms with Crippen molar-refractivity contribution in [3.63, 3.8) is 0 Å². The first kappa shape index (κ1) is 19.3. The number of piperidine rings is 1. The molecule has 154 valence electrons. The van der Waals surface area contributed by atoms with E-state index in [1.165, 1.54) is 0 Å². The molecule has 2 unspecified atom stereocenters. The van der Waals surface area contributed by atoms with Crippen LogP contribution in [0.5, 0.6) is 0 Å². The van der Waals surface area contributed by atoms with Gasteiger partial charge in [-0.1, -0.05) is 17.7 Å². The number of nitrogens with one attached hydrogen (secondary N) is 1. The maximum atomic E-state index is 13.6. The molecule has 0 bridgehead atoms. The molecule has 4 aliphatic heterocycles. The highest BCUT2D eigenvalue weighted by Gasteiger charge is 2.59. The molecular formula is C20H27ClN2O4S. The van der Waals surface area contributed by atoms with Gasteiger partial charge in [0.05, 0.1) is 34.8 Å². The molecule has 2 atom stereocenters. The molecule has 8 heteroatoms. The molecular weight excluding hydrogens is 400 g/mol. The number of benzene rings is 1. The molecule has 0 saturated carbocycles. The Labute approximate surface area is 171 Å². The molecule has 0 aliphatic carbocycles. The second-order valence-electron chi connectivity index (χ2n) is 9.07. The summed E-state index contributed by atoms with van der Waals surface area (Å²) in [5.74, 6) is 0. The van der Waals surface area contributed by atoms with Gasteiger partial charge in [-0.2, -0.15) is 0 Å². The van der Waals surface area contributed by atoms with Gasteiger partial charge in [0.2, 0.25) is 9.84 Å². The van der Waals surface area contributed by atoms with Crippen molar-refractivity contribution >= 4 is 21.4 Å². The predicted octanol–water partition coefficient (Wildman–Crippen LogP) is 1.99. The second kappa shape index (κ2) is 6.65. The van der Waals surface area contributed by atoms with Gasteiger partial charge < -0.3 is 14.8 Å². The van der Waals surface area contributed by atoms with E-state index in [1.54, 1.807) is 18.2 Å². The average molecular weight is 427 g/mol. The van der Waals surface area contributed by atoms with Gasteiger partial charge in [0.15, 0.2) is 5.44 Å². The van der Waals surface area contributed by atoms with E-state index in [2.05, 4.69) is 10.2 Å². The summed E-state index contributed by atoms with van der Waals surface area (Å²) in [7, 11) is -3.71. The standard InChI is InChI=1S/C20H27ClN2O4S/c1-14-2-3-17(15(21)8-14)28(24,25)18-16(23-10-19(11-23)12-26-13-19)9-20(27-18)4-6-22-7-5-20/h2-3,8,16,18,22H,4-7,9-13H2,1H3. The SMILES string of the molecule is Cc1ccc(S(=O)(=O)C2OC3(CCNCC3)CC2N2CC3(COC3)C2)c(Cl)c1. The van der Waals surface area contributed by atoms with Gasteiger partial charge in [-0.3, -0.25) is 4.90 Å². The highest BCUT2D eigenvalue weighted by molar-refractivity contribution is 7.92. The fourth-order valence-electron chi connectivity index (χ4n) is 5.21. The third kappa shape index (κ3) is 3.02. The first-order valence-corrected chi connectivity index (χ1v) is 12.0. The van der Waals surface area contributed by atoms with E-state index >= 15 is 0 Å². The second-order valence-corrected chi connectivity index (χ2v) is 11.5. The Bertz CT molecular complexity index is 872. The van der Waals surface area contributed by atoms with Gasteiger partial charge in [0, 0.05) is 18.5 Å². The third-order valence-electron chi connectivity index (χ3n) is 6.84. The number of halogens is 1. The fourth-order valence-corrected chi connectivity index (χ4v) is 7.62. The maximum Gasteiger partial charge on any atom is 0.208 e. The number of hydrogen-bond donors (Lipinski definition) is 1. The molecule has 1 N–H and O–H groups in total. The van der Waals surface area contributed by atoms with Crippen LogP contribution in [0.4, 0.5) is 0 Å². The highest BCUT2D eigenvalue weighted by Crippen LogP contribution is 2.48. The Kier molecular flexibility index (Phi) is 4.58. The van der Waals surface area contributed by atoms with Crippen LogP contribution in [0.1, 0.15) is 24.8 Å². The number of ether oxygens (including phenoxy) is 2. The number of sulfone groups is 1. The molecule has 6 nitrogen and oxygen atoms in total. The molecule has 0 aromatic heterocycles. The monoisotopic (exact) mass is 426 g/mol. The van der Waals surface area contributed by atoms with Crippen molar-refractivity contribution in [3.05, 3.63) is 28.8 Å². The average Bonchev–Trinajstić information content (AvgIpc) is 2.92. The van der Waals surface area contributed by atoms with E-state index in [-0.39, 0.29) is 27.0 Å². The highest BCUT2D eigenvalue weighted by atomic mass is 35.5. The van der Waals surface area contributed by atoms with Crippen molar-refractivity contribution in [2.24, 2.45) is 5.41 Å². The zero-order valence-electron chi connectivity index (χ0n) is 16.1. The summed E-state index contributed by atoms with van der Waals surface area (Å²) >= 11 is 6.35. The lowest BCUT2D eigenvalue weighted by Gasteiger charge is -2.57. The lowest BCUT2D eigenvalue weighted by atomic mass is 9.76. The van der Waals surface area contributed by atoms with Gasteiger partial charge >= 0.3 is 0 Å². The van der Waals surface area contributed by atoms with E-state index in [0.717, 1.165) is 64.2 Å². The van der Waals surface area contributed by atoms with Crippen LogP contribution in [0.2, 0.25) is 5.02 Å². The largest absolute Gasteiger partial charge is 0.380 e. The Morgan fingerprint density at radius 1 is 1.21 bits per heavy atom. The maximum absolute atomic E-state index is 13.6. The van der Waals surface area contributed by atoms with Crippen LogP contribution in [0, 0.1) is 12.3 Å². The lowest BCUT2D eigenvalue weighted by molar-refractivity contribution is -0.199. The molecule has 0 radical (unpaired) electrons. The molecule has 1 aromatic carbocycles. The smallest absolute Gasteiger partial charge is 0.208 e. The fraction of sp³-hybridized carbons (Fsp3) is 0.700. The van der Waals surface area contributed by atoms with Gasteiger partial charge in [0.1, 0.15) is 0 Å². The van der Waals surface area contributed by atoms with Crippen LogP contribution in [0.25, 0.3) is 0 Å². The van der Waals surface area contributed by atoms with Crippen molar-refractivity contribution < 1.29 is 17.9 Å². The van der Waals surface area contributed by atoms with Crippen molar-refractivity contribution in [2.75, 3.05) is 39.4 Å². The molecule has 5 rings (SSSR count). The van der Waals surface area contributed by atoms with Crippen LogP contribution in [0.15, 0.2) is 23.1 Å². The normalized spacial score (nSPS) is 31.6. The minimum atomic E-state index is -3.71. The van der Waals surface area contributed by atoms with E-state index in [4.69, 9.17) is 21.1 Å². The number of nitrogens with zero attached hydrogens (tertiary/aromatic N) is 1. The van der Waals surface area contributed by atoms with Crippen LogP contribution in [0.3, 0.4) is 0 Å². The molecule has 4 aliphatic rings. The van der Waals surface area contributed by atoms with Gasteiger partial charge in [-0.05, 0) is 57.0 Å². The molecule has 4 fully saturated rings. The van der Waals surface area contributed by atoms with Gasteiger partial charge in [0.25, 0.3) is 0 Å². The summed E-state index contributed by atoms with van der Waals surface area (Å²) < 4.78 is 39.0. The van der Waals surface area contributed by atoms with Gasteiger partial charge in [-0.25, -0.2) is 8.42 Å². The topological polar surface area (TPSA) is 67.9 Å². The Balaban J connectivity index is 1.47. The zero-order valence-corrected chi connectivity index (χ0v) is 17.7. The molecule has 2 spiro atoms. The minimum Gasteiger partial charge on any atom is -0.380 e. The summed E-state index contributed by atoms with van der Waals surface area (Å²) in [6, 6.07) is 5.00. The van der Waals surface area contributed by atoms with Crippen LogP contribution >= 0.6 is 11.6 Å². The molecule has 4 saturated heterocycles. The predicted molar refractivity (Wildman–Crippen MR) is 106 cm³/mol. The van der Waals surface area contributed by atoms with E-state index in [1.807, 2.05) is 6.92 Å². The summed E-state index contributed by atoms with van der Waals surface area (Å²) in [6.45, 7) is 6.99. The summed E-state index contributed by atoms with van der Waals surface area (Å²) in [5, 5.41) is 3.64.